The van der Waals surface area contributed by atoms with Crippen LogP contribution in [0.5, 0.6) is 0 Å². The quantitative estimate of drug-likeness (QED) is 0.513. The van der Waals surface area contributed by atoms with Gasteiger partial charge in [0, 0.05) is 17.6 Å². The molecule has 0 spiro atoms. The van der Waals surface area contributed by atoms with Crippen molar-refractivity contribution in [3.8, 4) is 0 Å². The lowest BCUT2D eigenvalue weighted by molar-refractivity contribution is -0.143. The predicted molar refractivity (Wildman–Crippen MR) is 71.8 cm³/mol. The van der Waals surface area contributed by atoms with Gasteiger partial charge in [0.1, 0.15) is 0 Å². The van der Waals surface area contributed by atoms with Gasteiger partial charge in [0.05, 0.1) is 5.92 Å². The molecule has 0 aromatic rings. The number of aliphatic carboxylic acids is 4. The summed E-state index contributed by atoms with van der Waals surface area (Å²) in [5, 5.41) is 33.0. The monoisotopic (exact) mass is 302 g/mol. The summed E-state index contributed by atoms with van der Waals surface area (Å²) in [6.07, 6.45) is 1.65. The van der Waals surface area contributed by atoms with E-state index in [0.29, 0.717) is 0 Å². The summed E-state index contributed by atoms with van der Waals surface area (Å²) in [5.41, 5.74) is -0.112. The summed E-state index contributed by atoms with van der Waals surface area (Å²) in [7, 11) is 0. The fraction of sp³-hybridized carbons (Fsp3) is 0.385. The molecule has 8 nitrogen and oxygen atoms in total. The molecule has 0 aromatic carbocycles. The Morgan fingerprint density at radius 3 is 1.76 bits per heavy atom. The van der Waals surface area contributed by atoms with Crippen LogP contribution in [0.25, 0.3) is 0 Å². The Bertz CT molecular complexity index is 461. The molecule has 21 heavy (non-hydrogen) atoms. The molecule has 8 heteroatoms. The Kier molecular flexibility index (Phi) is 10.0. The Morgan fingerprint density at radius 2 is 1.52 bits per heavy atom. The van der Waals surface area contributed by atoms with Crippen molar-refractivity contribution in [1.29, 1.82) is 0 Å². The Morgan fingerprint density at radius 1 is 1.05 bits per heavy atom. The number of carboxylic acids is 4. The molecule has 0 saturated heterocycles. The summed E-state index contributed by atoms with van der Waals surface area (Å²) < 4.78 is 0. The van der Waals surface area contributed by atoms with E-state index in [0.717, 1.165) is 0 Å². The maximum absolute atomic E-state index is 10.2. The molecule has 0 saturated carbocycles. The molecule has 0 aliphatic rings. The zero-order valence-corrected chi connectivity index (χ0v) is 11.7. The van der Waals surface area contributed by atoms with Crippen LogP contribution in [-0.4, -0.2) is 44.3 Å². The van der Waals surface area contributed by atoms with Crippen LogP contribution in [0.4, 0.5) is 0 Å². The van der Waals surface area contributed by atoms with Crippen molar-refractivity contribution in [3.63, 3.8) is 0 Å². The number of rotatable bonds is 7. The van der Waals surface area contributed by atoms with Crippen LogP contribution in [0, 0.1) is 5.92 Å². The van der Waals surface area contributed by atoms with Crippen LogP contribution in [0.1, 0.15) is 26.7 Å². The molecule has 0 aliphatic carbocycles. The topological polar surface area (TPSA) is 149 Å². The molecule has 0 aliphatic heterocycles. The second-order valence-corrected chi connectivity index (χ2v) is 4.02. The SMILES string of the molecule is C/C(=C\CCC(=O)O)C(=O)O.C=C(C(=O)O)C(C)C(=O)O. The Balaban J connectivity index is 0. The van der Waals surface area contributed by atoms with E-state index in [1.54, 1.807) is 0 Å². The smallest absolute Gasteiger partial charge is 0.331 e. The van der Waals surface area contributed by atoms with Crippen LogP contribution in [0.3, 0.4) is 0 Å². The third-order valence-electron chi connectivity index (χ3n) is 2.31. The number of allylic oxidation sites excluding steroid dienone is 1. The molecule has 0 bridgehead atoms. The van der Waals surface area contributed by atoms with Crippen molar-refractivity contribution in [2.45, 2.75) is 26.7 Å². The van der Waals surface area contributed by atoms with Crippen molar-refractivity contribution in [3.05, 3.63) is 23.8 Å². The maximum Gasteiger partial charge on any atom is 0.331 e. The Labute approximate surface area is 121 Å². The highest BCUT2D eigenvalue weighted by molar-refractivity contribution is 5.92. The predicted octanol–water partition coefficient (Wildman–Crippen LogP) is 1.23. The van der Waals surface area contributed by atoms with E-state index >= 15 is 0 Å². The van der Waals surface area contributed by atoms with E-state index in [-0.39, 0.29) is 24.0 Å². The third kappa shape index (κ3) is 10.9. The minimum Gasteiger partial charge on any atom is -0.481 e. The van der Waals surface area contributed by atoms with Crippen molar-refractivity contribution < 1.29 is 39.6 Å². The first-order valence-electron chi connectivity index (χ1n) is 5.77. The van der Waals surface area contributed by atoms with Gasteiger partial charge in [0.2, 0.25) is 0 Å². The summed E-state index contributed by atoms with van der Waals surface area (Å²) in [5.74, 6) is -5.38. The van der Waals surface area contributed by atoms with Crippen LogP contribution >= 0.6 is 0 Å². The van der Waals surface area contributed by atoms with Crippen LogP contribution in [-0.2, 0) is 19.2 Å². The van der Waals surface area contributed by atoms with Crippen molar-refractivity contribution in [2.75, 3.05) is 0 Å². The minimum atomic E-state index is -1.27. The molecule has 0 rings (SSSR count). The summed E-state index contributed by atoms with van der Waals surface area (Å²) in [6.45, 7) is 5.81. The van der Waals surface area contributed by atoms with Gasteiger partial charge in [-0.05, 0) is 20.3 Å². The molecule has 0 aromatic heterocycles. The van der Waals surface area contributed by atoms with Gasteiger partial charge < -0.3 is 20.4 Å². The van der Waals surface area contributed by atoms with E-state index in [9.17, 15) is 19.2 Å². The van der Waals surface area contributed by atoms with E-state index in [4.69, 9.17) is 20.4 Å². The molecule has 0 radical (unpaired) electrons. The van der Waals surface area contributed by atoms with Crippen LogP contribution in [0.2, 0.25) is 0 Å². The van der Waals surface area contributed by atoms with Gasteiger partial charge in [-0.15, -0.1) is 0 Å². The van der Waals surface area contributed by atoms with Crippen molar-refractivity contribution in [2.24, 2.45) is 5.92 Å². The first-order chi connectivity index (χ1) is 9.50. The van der Waals surface area contributed by atoms with E-state index in [1.807, 2.05) is 0 Å². The molecule has 1 unspecified atom stereocenters. The van der Waals surface area contributed by atoms with Crippen LogP contribution in [0.15, 0.2) is 23.8 Å². The van der Waals surface area contributed by atoms with Gasteiger partial charge in [-0.1, -0.05) is 12.7 Å². The van der Waals surface area contributed by atoms with Gasteiger partial charge in [-0.3, -0.25) is 9.59 Å². The lowest BCUT2D eigenvalue weighted by Gasteiger charge is -2.03. The lowest BCUT2D eigenvalue weighted by Crippen LogP contribution is -2.17. The summed E-state index contributed by atoms with van der Waals surface area (Å²) in [4.78, 5) is 40.3. The summed E-state index contributed by atoms with van der Waals surface area (Å²) in [6, 6.07) is 0. The summed E-state index contributed by atoms with van der Waals surface area (Å²) >= 11 is 0. The highest BCUT2D eigenvalue weighted by Crippen LogP contribution is 2.07. The normalized spacial score (nSPS) is 11.6. The average molecular weight is 302 g/mol. The first-order valence-corrected chi connectivity index (χ1v) is 5.77. The number of carboxylic acid groups (broad SMARTS) is 4. The molecule has 0 amide bonds. The molecule has 0 fully saturated rings. The van der Waals surface area contributed by atoms with Crippen LogP contribution < -0.4 is 0 Å². The Hall–Kier alpha value is -2.64. The maximum atomic E-state index is 10.2. The molecule has 118 valence electrons. The molecule has 1 atom stereocenters. The highest BCUT2D eigenvalue weighted by atomic mass is 16.4. The molecule has 4 N–H and O–H groups in total. The number of hydrogen-bond acceptors (Lipinski definition) is 4. The van der Waals surface area contributed by atoms with Gasteiger partial charge in [0.25, 0.3) is 0 Å². The highest BCUT2D eigenvalue weighted by Gasteiger charge is 2.19. The van der Waals surface area contributed by atoms with Gasteiger partial charge in [-0.2, -0.15) is 0 Å². The van der Waals surface area contributed by atoms with Crippen molar-refractivity contribution >= 4 is 23.9 Å². The van der Waals surface area contributed by atoms with Gasteiger partial charge in [-0.25, -0.2) is 9.59 Å². The zero-order valence-electron chi connectivity index (χ0n) is 11.7. The molecular formula is C13H18O8. The minimum absolute atomic E-state index is 0.0232. The third-order valence-corrected chi connectivity index (χ3v) is 2.31. The fourth-order valence-corrected chi connectivity index (χ4v) is 0.834. The second kappa shape index (κ2) is 10.2. The van der Waals surface area contributed by atoms with Gasteiger partial charge in [0.15, 0.2) is 0 Å². The lowest BCUT2D eigenvalue weighted by atomic mass is 10.0. The molecule has 0 heterocycles. The number of hydrogen-bond donors (Lipinski definition) is 4. The van der Waals surface area contributed by atoms with E-state index in [2.05, 4.69) is 6.58 Å². The van der Waals surface area contributed by atoms with Crippen molar-refractivity contribution in [1.82, 2.24) is 0 Å². The number of carbonyl (C=O) groups is 4. The second-order valence-electron chi connectivity index (χ2n) is 4.02. The largest absolute Gasteiger partial charge is 0.481 e. The van der Waals surface area contributed by atoms with E-state index in [1.165, 1.54) is 19.9 Å². The average Bonchev–Trinajstić information content (AvgIpc) is 2.36. The molecular weight excluding hydrogens is 284 g/mol. The zero-order chi connectivity index (χ0) is 17.2. The first kappa shape index (κ1) is 20.7. The standard InChI is InChI=1S/C7H10O4.C6H8O4/c1-5(7(10)11)3-2-4-6(8)9;1-3(5(7)8)4(2)6(9)10/h3H,2,4H2,1H3,(H,8,9)(H,10,11);4H,1H2,2H3,(H,7,8)(H,9,10)/b5-3+;. The van der Waals surface area contributed by atoms with E-state index < -0.39 is 29.8 Å². The fourth-order valence-electron chi connectivity index (χ4n) is 0.834. The van der Waals surface area contributed by atoms with Gasteiger partial charge >= 0.3 is 23.9 Å².